The van der Waals surface area contributed by atoms with Crippen LogP contribution in [0.5, 0.6) is 0 Å². The number of aryl methyl sites for hydroxylation is 1. The molecule has 0 fully saturated rings. The highest BCUT2D eigenvalue weighted by Gasteiger charge is 1.97. The van der Waals surface area contributed by atoms with Crippen LogP contribution in [0, 0.1) is 0 Å². The first-order valence-corrected chi connectivity index (χ1v) is 4.84. The predicted octanol–water partition coefficient (Wildman–Crippen LogP) is 3.75. The summed E-state index contributed by atoms with van der Waals surface area (Å²) in [5, 5.41) is 2.34. The largest absolute Gasteiger partial charge is 0.194 e. The molecule has 0 atom stereocenters. The van der Waals surface area contributed by atoms with E-state index in [4.69, 9.17) is 0 Å². The highest BCUT2D eigenvalue weighted by molar-refractivity contribution is 9.10. The van der Waals surface area contributed by atoms with Gasteiger partial charge in [0.15, 0.2) is 0 Å². The number of isothiocyanates is 1. The average Bonchev–Trinajstić information content (AvgIpc) is 2.09. The fourth-order valence-electron chi connectivity index (χ4n) is 0.910. The molecule has 0 bridgehead atoms. The lowest BCUT2D eigenvalue weighted by molar-refractivity contribution is 1.14. The Morgan fingerprint density at radius 3 is 2.83 bits per heavy atom. The number of hydrogen-bond acceptors (Lipinski definition) is 2. The van der Waals surface area contributed by atoms with Crippen molar-refractivity contribution in [3.05, 3.63) is 28.2 Å². The minimum atomic E-state index is 0.835. The van der Waals surface area contributed by atoms with Crippen LogP contribution >= 0.6 is 28.1 Å². The Morgan fingerprint density at radius 1 is 1.58 bits per heavy atom. The third-order valence-electron chi connectivity index (χ3n) is 1.59. The van der Waals surface area contributed by atoms with Crippen LogP contribution in [0.15, 0.2) is 27.7 Å². The van der Waals surface area contributed by atoms with Gasteiger partial charge in [-0.2, -0.15) is 4.99 Å². The van der Waals surface area contributed by atoms with Crippen molar-refractivity contribution in [2.75, 3.05) is 0 Å². The van der Waals surface area contributed by atoms with E-state index in [1.807, 2.05) is 18.2 Å². The zero-order valence-corrected chi connectivity index (χ0v) is 9.08. The van der Waals surface area contributed by atoms with Crippen molar-refractivity contribution in [1.82, 2.24) is 0 Å². The lowest BCUT2D eigenvalue weighted by Gasteiger charge is -1.99. The van der Waals surface area contributed by atoms with Crippen molar-refractivity contribution < 1.29 is 0 Å². The second kappa shape index (κ2) is 4.51. The van der Waals surface area contributed by atoms with E-state index in [0.29, 0.717) is 0 Å². The molecule has 1 nitrogen and oxygen atoms in total. The third kappa shape index (κ3) is 2.24. The summed E-state index contributed by atoms with van der Waals surface area (Å²) in [4.78, 5) is 3.90. The zero-order valence-electron chi connectivity index (χ0n) is 6.67. The van der Waals surface area contributed by atoms with Crippen molar-refractivity contribution >= 4 is 39.0 Å². The summed E-state index contributed by atoms with van der Waals surface area (Å²) in [6.07, 6.45) is 1.03. The van der Waals surface area contributed by atoms with E-state index in [9.17, 15) is 0 Å². The first kappa shape index (κ1) is 9.59. The molecule has 3 heteroatoms. The van der Waals surface area contributed by atoms with E-state index >= 15 is 0 Å². The monoisotopic (exact) mass is 241 g/mol. The number of thiocarbonyl (C=S) groups is 1. The summed E-state index contributed by atoms with van der Waals surface area (Å²) in [7, 11) is 0. The van der Waals surface area contributed by atoms with Gasteiger partial charge in [-0.15, -0.1) is 0 Å². The van der Waals surface area contributed by atoms with Gasteiger partial charge in [0.25, 0.3) is 0 Å². The second-order valence-electron chi connectivity index (χ2n) is 2.34. The number of hydrogen-bond donors (Lipinski definition) is 0. The van der Waals surface area contributed by atoms with Crippen molar-refractivity contribution in [1.29, 1.82) is 0 Å². The molecule has 0 N–H and O–H groups in total. The molecule has 0 saturated carbocycles. The topological polar surface area (TPSA) is 12.4 Å². The van der Waals surface area contributed by atoms with Crippen LogP contribution in [0.4, 0.5) is 5.69 Å². The predicted molar refractivity (Wildman–Crippen MR) is 58.2 cm³/mol. The van der Waals surface area contributed by atoms with Gasteiger partial charge in [-0.3, -0.25) is 0 Å². The number of benzene rings is 1. The standard InChI is InChI=1S/C9H8BrNS/c1-2-7-3-4-9(11-6-12)8(10)5-7/h3-5H,2H2,1H3. The van der Waals surface area contributed by atoms with Crippen LogP contribution in [0.1, 0.15) is 12.5 Å². The molecule has 0 unspecified atom stereocenters. The molecule has 1 aromatic carbocycles. The van der Waals surface area contributed by atoms with Gasteiger partial charge < -0.3 is 0 Å². The minimum Gasteiger partial charge on any atom is -0.194 e. The molecule has 1 rings (SSSR count). The minimum absolute atomic E-state index is 0.835. The normalized spacial score (nSPS) is 9.17. The molecule has 62 valence electrons. The molecule has 0 radical (unpaired) electrons. The summed E-state index contributed by atoms with van der Waals surface area (Å²) in [5.41, 5.74) is 2.12. The molecule has 0 aliphatic rings. The molecule has 0 saturated heterocycles. The average molecular weight is 242 g/mol. The van der Waals surface area contributed by atoms with Crippen LogP contribution in [0.2, 0.25) is 0 Å². The Labute approximate surface area is 85.6 Å². The van der Waals surface area contributed by atoms with E-state index in [2.05, 4.69) is 45.2 Å². The Morgan fingerprint density at radius 2 is 2.33 bits per heavy atom. The molecular weight excluding hydrogens is 234 g/mol. The van der Waals surface area contributed by atoms with Crippen molar-refractivity contribution in [3.8, 4) is 0 Å². The zero-order chi connectivity index (χ0) is 8.97. The van der Waals surface area contributed by atoms with Crippen LogP contribution in [0.25, 0.3) is 0 Å². The van der Waals surface area contributed by atoms with Gasteiger partial charge in [0, 0.05) is 4.47 Å². The van der Waals surface area contributed by atoms with E-state index in [1.54, 1.807) is 0 Å². The molecule has 0 amide bonds. The van der Waals surface area contributed by atoms with Gasteiger partial charge >= 0.3 is 0 Å². The Bertz CT molecular complexity index is 329. The molecule has 0 aliphatic heterocycles. The lowest BCUT2D eigenvalue weighted by Crippen LogP contribution is -1.78. The molecule has 0 spiro atoms. The van der Waals surface area contributed by atoms with Gasteiger partial charge in [0.05, 0.1) is 10.8 Å². The third-order valence-corrected chi connectivity index (χ3v) is 2.31. The van der Waals surface area contributed by atoms with Crippen LogP contribution in [-0.2, 0) is 6.42 Å². The highest BCUT2D eigenvalue weighted by atomic mass is 79.9. The first-order valence-electron chi connectivity index (χ1n) is 3.64. The number of rotatable bonds is 2. The van der Waals surface area contributed by atoms with E-state index in [0.717, 1.165) is 16.6 Å². The van der Waals surface area contributed by atoms with E-state index < -0.39 is 0 Å². The van der Waals surface area contributed by atoms with Gasteiger partial charge in [0.2, 0.25) is 0 Å². The fourth-order valence-corrected chi connectivity index (χ4v) is 1.52. The Hall–Kier alpha value is -0.500. The summed E-state index contributed by atoms with van der Waals surface area (Å²) in [6, 6.07) is 6.02. The van der Waals surface area contributed by atoms with E-state index in [-0.39, 0.29) is 0 Å². The maximum atomic E-state index is 4.52. The van der Waals surface area contributed by atoms with Crippen LogP contribution in [0.3, 0.4) is 0 Å². The molecular formula is C9H8BrNS. The van der Waals surface area contributed by atoms with E-state index in [1.165, 1.54) is 5.56 Å². The van der Waals surface area contributed by atoms with Gasteiger partial charge in [0.1, 0.15) is 0 Å². The first-order chi connectivity index (χ1) is 5.77. The molecule has 0 aliphatic carbocycles. The number of halogens is 1. The SMILES string of the molecule is CCc1ccc(N=C=S)c(Br)c1. The van der Waals surface area contributed by atoms with Gasteiger partial charge in [-0.25, -0.2) is 0 Å². The summed E-state index contributed by atoms with van der Waals surface area (Å²) < 4.78 is 0.971. The summed E-state index contributed by atoms with van der Waals surface area (Å²) in [5.74, 6) is 0. The Kier molecular flexibility index (Phi) is 3.60. The maximum absolute atomic E-state index is 4.52. The van der Waals surface area contributed by atoms with Crippen LogP contribution in [-0.4, -0.2) is 5.16 Å². The smallest absolute Gasteiger partial charge is 0.0881 e. The highest BCUT2D eigenvalue weighted by Crippen LogP contribution is 2.25. The summed E-state index contributed by atoms with van der Waals surface area (Å²) >= 11 is 7.93. The van der Waals surface area contributed by atoms with Crippen LogP contribution < -0.4 is 0 Å². The number of nitrogens with zero attached hydrogens (tertiary/aromatic N) is 1. The summed E-state index contributed by atoms with van der Waals surface area (Å²) in [6.45, 7) is 2.11. The molecule has 12 heavy (non-hydrogen) atoms. The maximum Gasteiger partial charge on any atom is 0.0881 e. The molecule has 1 aromatic rings. The van der Waals surface area contributed by atoms with Crippen molar-refractivity contribution in [2.45, 2.75) is 13.3 Å². The van der Waals surface area contributed by atoms with Gasteiger partial charge in [-0.05, 0) is 52.3 Å². The lowest BCUT2D eigenvalue weighted by atomic mass is 10.2. The second-order valence-corrected chi connectivity index (χ2v) is 3.38. The fraction of sp³-hybridized carbons (Fsp3) is 0.222. The number of aliphatic imine (C=N–C) groups is 1. The molecule has 0 aromatic heterocycles. The van der Waals surface area contributed by atoms with Crippen molar-refractivity contribution in [2.24, 2.45) is 4.99 Å². The van der Waals surface area contributed by atoms with Gasteiger partial charge in [-0.1, -0.05) is 13.0 Å². The quantitative estimate of drug-likeness (QED) is 0.568. The molecule has 0 heterocycles. The van der Waals surface area contributed by atoms with Crippen molar-refractivity contribution in [3.63, 3.8) is 0 Å². The Balaban J connectivity index is 3.11.